The topological polar surface area (TPSA) is 122 Å². The van der Waals surface area contributed by atoms with Crippen molar-refractivity contribution < 1.29 is 5.21 Å². The van der Waals surface area contributed by atoms with Gasteiger partial charge in [0, 0.05) is 12.2 Å². The molecule has 0 bridgehead atoms. The van der Waals surface area contributed by atoms with Crippen molar-refractivity contribution >= 4 is 17.6 Å². The van der Waals surface area contributed by atoms with Gasteiger partial charge in [-0.25, -0.2) is 14.9 Å². The number of hydrogen-bond acceptors (Lipinski definition) is 6. The van der Waals surface area contributed by atoms with E-state index >= 15 is 0 Å². The smallest absolute Gasteiger partial charge is 0.344 e. The summed E-state index contributed by atoms with van der Waals surface area (Å²) < 4.78 is 1.52. The second kappa shape index (κ2) is 6.00. The van der Waals surface area contributed by atoms with Gasteiger partial charge in [0.2, 0.25) is 0 Å². The van der Waals surface area contributed by atoms with Crippen molar-refractivity contribution in [3.05, 3.63) is 33.9 Å². The molecule has 0 unspecified atom stereocenters. The van der Waals surface area contributed by atoms with Crippen LogP contribution in [0.1, 0.15) is 31.0 Å². The molecule has 0 aromatic carbocycles. The van der Waals surface area contributed by atoms with Crippen LogP contribution in [-0.2, 0) is 0 Å². The molecule has 2 aromatic rings. The fraction of sp³-hybridized carbons (Fsp3) is 0.333. The Morgan fingerprint density at radius 3 is 2.90 bits per heavy atom. The Bertz CT molecular complexity index is 734. The molecule has 0 aliphatic carbocycles. The number of H-pyrrole nitrogens is 1. The molecule has 0 radical (unpaired) electrons. The first-order chi connectivity index (χ1) is 9.95. The Hall–Kier alpha value is -2.29. The molecule has 2 aromatic heterocycles. The van der Waals surface area contributed by atoms with Crippen LogP contribution in [0, 0.1) is 6.92 Å². The van der Waals surface area contributed by atoms with Gasteiger partial charge in [0.1, 0.15) is 5.03 Å². The van der Waals surface area contributed by atoms with Gasteiger partial charge in [-0.3, -0.25) is 4.57 Å². The lowest BCUT2D eigenvalue weighted by Crippen LogP contribution is -2.20. The predicted molar refractivity (Wildman–Crippen MR) is 78.8 cm³/mol. The third-order valence-corrected chi connectivity index (χ3v) is 3.84. The number of aryl methyl sites for hydroxylation is 1. The van der Waals surface area contributed by atoms with Crippen molar-refractivity contribution in [3.63, 3.8) is 0 Å². The first-order valence-electron chi connectivity index (χ1n) is 6.24. The van der Waals surface area contributed by atoms with Crippen molar-refractivity contribution in [2.75, 3.05) is 0 Å². The van der Waals surface area contributed by atoms with Crippen LogP contribution in [0.3, 0.4) is 0 Å². The fourth-order valence-electron chi connectivity index (χ4n) is 1.88. The van der Waals surface area contributed by atoms with Crippen molar-refractivity contribution in [1.29, 1.82) is 0 Å². The van der Waals surface area contributed by atoms with Crippen LogP contribution in [0.5, 0.6) is 0 Å². The number of aromatic amines is 1. The van der Waals surface area contributed by atoms with Gasteiger partial charge < -0.3 is 10.9 Å². The van der Waals surface area contributed by atoms with E-state index in [1.54, 1.807) is 12.3 Å². The minimum atomic E-state index is -0.287. The zero-order valence-corrected chi connectivity index (χ0v) is 12.7. The van der Waals surface area contributed by atoms with Gasteiger partial charge in [-0.1, -0.05) is 5.16 Å². The van der Waals surface area contributed by atoms with Crippen molar-refractivity contribution in [3.8, 4) is 0 Å². The number of amidine groups is 1. The molecule has 0 spiro atoms. The molecule has 9 heteroatoms. The summed E-state index contributed by atoms with van der Waals surface area (Å²) in [6.45, 7) is 5.60. The lowest BCUT2D eigenvalue weighted by atomic mass is 10.1. The third-order valence-electron chi connectivity index (χ3n) is 2.86. The molecule has 0 aliphatic heterocycles. The van der Waals surface area contributed by atoms with Gasteiger partial charge in [-0.15, -0.1) is 5.10 Å². The number of hydrogen-bond donors (Lipinski definition) is 3. The summed E-state index contributed by atoms with van der Waals surface area (Å²) in [5, 5.41) is 19.3. The maximum Gasteiger partial charge on any atom is 0.344 e. The predicted octanol–water partition coefficient (Wildman–Crippen LogP) is 1.10. The molecule has 112 valence electrons. The Morgan fingerprint density at radius 2 is 2.29 bits per heavy atom. The van der Waals surface area contributed by atoms with Crippen molar-refractivity contribution in [2.45, 2.75) is 37.0 Å². The summed E-state index contributed by atoms with van der Waals surface area (Å²) in [4.78, 5) is 16.0. The molecular weight excluding hydrogens is 292 g/mol. The van der Waals surface area contributed by atoms with Crippen LogP contribution in [0.4, 0.5) is 0 Å². The fourth-order valence-corrected chi connectivity index (χ4v) is 3.01. The van der Waals surface area contributed by atoms with Gasteiger partial charge in [-0.05, 0) is 44.2 Å². The second-order valence-corrected chi connectivity index (χ2v) is 5.63. The minimum absolute atomic E-state index is 0.0305. The number of aromatic nitrogens is 4. The van der Waals surface area contributed by atoms with Crippen LogP contribution >= 0.6 is 11.8 Å². The lowest BCUT2D eigenvalue weighted by Gasteiger charge is -2.11. The lowest BCUT2D eigenvalue weighted by molar-refractivity contribution is 0.318. The molecule has 8 nitrogen and oxygen atoms in total. The van der Waals surface area contributed by atoms with Crippen molar-refractivity contribution in [1.82, 2.24) is 19.7 Å². The number of nitrogens with one attached hydrogen (secondary N) is 1. The first kappa shape index (κ1) is 15.1. The number of pyridine rings is 1. The summed E-state index contributed by atoms with van der Waals surface area (Å²) in [5.41, 5.74) is 6.76. The normalized spacial score (nSPS) is 12.1. The van der Waals surface area contributed by atoms with Gasteiger partial charge in [-0.2, -0.15) is 0 Å². The Labute approximate surface area is 125 Å². The minimum Gasteiger partial charge on any atom is -0.409 e. The van der Waals surface area contributed by atoms with Crippen LogP contribution in [0.15, 0.2) is 32.4 Å². The van der Waals surface area contributed by atoms with E-state index in [-0.39, 0.29) is 17.6 Å². The van der Waals surface area contributed by atoms with E-state index in [0.717, 1.165) is 5.56 Å². The molecule has 21 heavy (non-hydrogen) atoms. The number of rotatable bonds is 4. The van der Waals surface area contributed by atoms with Crippen LogP contribution in [-0.4, -0.2) is 30.8 Å². The van der Waals surface area contributed by atoms with E-state index in [1.807, 2.05) is 20.8 Å². The molecular formula is C12H16N6O2S. The molecule has 4 N–H and O–H groups in total. The van der Waals surface area contributed by atoms with E-state index < -0.39 is 0 Å². The van der Waals surface area contributed by atoms with E-state index in [1.165, 1.54) is 16.3 Å². The number of nitrogens with zero attached hydrogens (tertiary/aromatic N) is 4. The Morgan fingerprint density at radius 1 is 1.57 bits per heavy atom. The molecule has 0 amide bonds. The molecule has 0 saturated carbocycles. The molecule has 0 fully saturated rings. The Balaban J connectivity index is 2.51. The quantitative estimate of drug-likeness (QED) is 0.336. The SMILES string of the molecule is Cc1ccnc(Sc2n[nH]c(=O)n2C(C)C)c1/C(N)=N/O. The van der Waals surface area contributed by atoms with E-state index in [2.05, 4.69) is 20.3 Å². The summed E-state index contributed by atoms with van der Waals surface area (Å²) >= 11 is 1.19. The molecule has 2 heterocycles. The van der Waals surface area contributed by atoms with E-state index in [9.17, 15) is 4.79 Å². The summed E-state index contributed by atoms with van der Waals surface area (Å²) in [6.07, 6.45) is 1.62. The Kier molecular flexibility index (Phi) is 4.32. The zero-order valence-electron chi connectivity index (χ0n) is 11.9. The van der Waals surface area contributed by atoms with Crippen molar-refractivity contribution in [2.24, 2.45) is 10.9 Å². The van der Waals surface area contributed by atoms with Crippen LogP contribution < -0.4 is 11.4 Å². The highest BCUT2D eigenvalue weighted by Gasteiger charge is 2.18. The average molecular weight is 308 g/mol. The van der Waals surface area contributed by atoms with Gasteiger partial charge in [0.05, 0.1) is 5.56 Å². The standard InChI is InChI=1S/C12H16N6O2S/c1-6(2)18-11(19)15-16-12(18)21-10-8(9(13)17-20)7(3)4-5-14-10/h4-6,20H,1-3H3,(H2,13,17)(H,15,19). The summed E-state index contributed by atoms with van der Waals surface area (Å²) in [7, 11) is 0. The number of oxime groups is 1. The van der Waals surface area contributed by atoms with Gasteiger partial charge >= 0.3 is 5.69 Å². The number of nitrogens with two attached hydrogens (primary N) is 1. The molecule has 2 rings (SSSR count). The largest absolute Gasteiger partial charge is 0.409 e. The molecule has 0 saturated heterocycles. The van der Waals surface area contributed by atoms with Gasteiger partial charge in [0.25, 0.3) is 0 Å². The van der Waals surface area contributed by atoms with Gasteiger partial charge in [0.15, 0.2) is 11.0 Å². The maximum atomic E-state index is 11.7. The maximum absolute atomic E-state index is 11.7. The highest BCUT2D eigenvalue weighted by Crippen LogP contribution is 2.29. The van der Waals surface area contributed by atoms with Crippen LogP contribution in [0.25, 0.3) is 0 Å². The monoisotopic (exact) mass is 308 g/mol. The molecule has 0 atom stereocenters. The molecule has 0 aliphatic rings. The highest BCUT2D eigenvalue weighted by molar-refractivity contribution is 7.99. The van der Waals surface area contributed by atoms with E-state index in [0.29, 0.717) is 15.7 Å². The highest BCUT2D eigenvalue weighted by atomic mass is 32.2. The zero-order chi connectivity index (χ0) is 15.6. The van der Waals surface area contributed by atoms with E-state index in [4.69, 9.17) is 10.9 Å². The first-order valence-corrected chi connectivity index (χ1v) is 7.05. The third kappa shape index (κ3) is 2.92. The summed E-state index contributed by atoms with van der Waals surface area (Å²) in [5.74, 6) is -0.0305. The van der Waals surface area contributed by atoms with Crippen LogP contribution in [0.2, 0.25) is 0 Å². The average Bonchev–Trinajstić information content (AvgIpc) is 2.79. The second-order valence-electron chi connectivity index (χ2n) is 4.67. The summed E-state index contributed by atoms with van der Waals surface area (Å²) in [6, 6.07) is 1.72.